The molecule has 0 amide bonds. The van der Waals surface area contributed by atoms with Crippen LogP contribution in [0.1, 0.15) is 34.1 Å². The summed E-state index contributed by atoms with van der Waals surface area (Å²) in [6, 6.07) is 0. The van der Waals surface area contributed by atoms with Crippen LogP contribution in [0.15, 0.2) is 0 Å². The second-order valence-corrected chi connectivity index (χ2v) is 5.19. The molecular formula is C9H22ClP. The molecule has 0 aromatic rings. The summed E-state index contributed by atoms with van der Waals surface area (Å²) >= 11 is 0. The summed E-state index contributed by atoms with van der Waals surface area (Å²) in [7, 11) is 1.21. The molecule has 0 aromatic carbocycles. The standard InChI is InChI=1S/C9H21P.ClH/c1-8(2)5-6-10-7-9(3)4;/h8-10H,5-7H2,1-4H3;1H. The van der Waals surface area contributed by atoms with E-state index in [-0.39, 0.29) is 12.4 Å². The van der Waals surface area contributed by atoms with Crippen LogP contribution in [-0.2, 0) is 0 Å². The normalized spacial score (nSPS) is 11.5. The molecule has 0 saturated heterocycles. The average Bonchev–Trinajstić information content (AvgIpc) is 1.79. The van der Waals surface area contributed by atoms with E-state index in [4.69, 9.17) is 0 Å². The first-order valence-electron chi connectivity index (χ1n) is 4.33. The van der Waals surface area contributed by atoms with Crippen LogP contribution in [0.4, 0.5) is 0 Å². The Balaban J connectivity index is 0. The Kier molecular flexibility index (Phi) is 11.4. The van der Waals surface area contributed by atoms with Crippen molar-refractivity contribution < 1.29 is 0 Å². The third kappa shape index (κ3) is 13.7. The number of hydrogen-bond donors (Lipinski definition) is 0. The molecule has 0 aliphatic carbocycles. The maximum absolute atomic E-state index is 2.31. The van der Waals surface area contributed by atoms with Gasteiger partial charge in [-0.25, -0.2) is 0 Å². The maximum atomic E-state index is 2.31. The van der Waals surface area contributed by atoms with E-state index in [1.54, 1.807) is 0 Å². The van der Waals surface area contributed by atoms with E-state index in [0.29, 0.717) is 0 Å². The van der Waals surface area contributed by atoms with Crippen LogP contribution >= 0.6 is 21.0 Å². The minimum Gasteiger partial charge on any atom is -0.147 e. The summed E-state index contributed by atoms with van der Waals surface area (Å²) in [4.78, 5) is 0. The number of hydrogen-bond acceptors (Lipinski definition) is 0. The molecule has 0 rings (SSSR count). The summed E-state index contributed by atoms with van der Waals surface area (Å²) < 4.78 is 0. The lowest BCUT2D eigenvalue weighted by atomic mass is 10.2. The monoisotopic (exact) mass is 196 g/mol. The zero-order valence-electron chi connectivity index (χ0n) is 8.18. The first-order valence-corrected chi connectivity index (χ1v) is 5.75. The largest absolute Gasteiger partial charge is 0.147 e. The van der Waals surface area contributed by atoms with Crippen LogP contribution < -0.4 is 0 Å². The zero-order chi connectivity index (χ0) is 7.98. The molecule has 0 aliphatic heterocycles. The molecule has 0 fully saturated rings. The zero-order valence-corrected chi connectivity index (χ0v) is 10.0. The molecule has 1 atom stereocenters. The van der Waals surface area contributed by atoms with Gasteiger partial charge in [-0.15, -0.1) is 21.0 Å². The van der Waals surface area contributed by atoms with Crippen molar-refractivity contribution in [2.45, 2.75) is 34.1 Å². The van der Waals surface area contributed by atoms with E-state index in [0.717, 1.165) is 11.8 Å². The lowest BCUT2D eigenvalue weighted by Gasteiger charge is -2.06. The summed E-state index contributed by atoms with van der Waals surface area (Å²) in [5.74, 6) is 1.81. The molecule has 11 heavy (non-hydrogen) atoms. The minimum atomic E-state index is 0. The molecule has 0 N–H and O–H groups in total. The van der Waals surface area contributed by atoms with E-state index in [1.165, 1.54) is 27.3 Å². The van der Waals surface area contributed by atoms with Gasteiger partial charge in [-0.2, -0.15) is 0 Å². The van der Waals surface area contributed by atoms with Crippen LogP contribution in [0.25, 0.3) is 0 Å². The molecule has 1 unspecified atom stereocenters. The van der Waals surface area contributed by atoms with E-state index in [1.807, 2.05) is 0 Å². The second-order valence-electron chi connectivity index (χ2n) is 3.78. The van der Waals surface area contributed by atoms with Crippen molar-refractivity contribution in [3.05, 3.63) is 0 Å². The SMILES string of the molecule is CC(C)CCPCC(C)C.Cl. The Hall–Kier alpha value is 0.720. The van der Waals surface area contributed by atoms with Gasteiger partial charge in [0, 0.05) is 0 Å². The fourth-order valence-corrected chi connectivity index (χ4v) is 2.34. The molecule has 0 bridgehead atoms. The highest BCUT2D eigenvalue weighted by Crippen LogP contribution is 2.18. The minimum absolute atomic E-state index is 0. The summed E-state index contributed by atoms with van der Waals surface area (Å²) in [5, 5.41) is 0. The van der Waals surface area contributed by atoms with Gasteiger partial charge in [0.05, 0.1) is 0 Å². The molecule has 0 aliphatic rings. The third-order valence-electron chi connectivity index (χ3n) is 1.45. The van der Waals surface area contributed by atoms with Crippen LogP contribution in [-0.4, -0.2) is 12.3 Å². The summed E-state index contributed by atoms with van der Waals surface area (Å²) in [6.45, 7) is 9.23. The van der Waals surface area contributed by atoms with Crippen molar-refractivity contribution >= 4 is 21.0 Å². The molecule has 0 aromatic heterocycles. The Morgan fingerprint density at radius 2 is 1.55 bits per heavy atom. The number of rotatable bonds is 5. The highest BCUT2D eigenvalue weighted by molar-refractivity contribution is 7.37. The smallest absolute Gasteiger partial charge is 0.0330 e. The van der Waals surface area contributed by atoms with E-state index < -0.39 is 0 Å². The van der Waals surface area contributed by atoms with Crippen LogP contribution in [0.3, 0.4) is 0 Å². The topological polar surface area (TPSA) is 0 Å². The fraction of sp³-hybridized carbons (Fsp3) is 1.00. The predicted octanol–water partition coefficient (Wildman–Crippen LogP) is 3.79. The van der Waals surface area contributed by atoms with Crippen molar-refractivity contribution in [3.8, 4) is 0 Å². The molecule has 0 spiro atoms. The van der Waals surface area contributed by atoms with Crippen molar-refractivity contribution in [1.82, 2.24) is 0 Å². The molecule has 0 radical (unpaired) electrons. The van der Waals surface area contributed by atoms with Gasteiger partial charge in [0.1, 0.15) is 0 Å². The Morgan fingerprint density at radius 3 is 1.91 bits per heavy atom. The van der Waals surface area contributed by atoms with Crippen LogP contribution in [0.5, 0.6) is 0 Å². The Labute approximate surface area is 79.7 Å². The quantitative estimate of drug-likeness (QED) is 0.464. The first kappa shape index (κ1) is 14.3. The summed E-state index contributed by atoms with van der Waals surface area (Å²) in [6.07, 6.45) is 4.31. The van der Waals surface area contributed by atoms with E-state index >= 15 is 0 Å². The lowest BCUT2D eigenvalue weighted by molar-refractivity contribution is 0.629. The second kappa shape index (κ2) is 8.81. The maximum Gasteiger partial charge on any atom is -0.0330 e. The first-order chi connectivity index (χ1) is 4.63. The van der Waals surface area contributed by atoms with Gasteiger partial charge in [0.15, 0.2) is 0 Å². The molecule has 0 saturated carbocycles. The highest BCUT2D eigenvalue weighted by Gasteiger charge is 1.95. The van der Waals surface area contributed by atoms with Gasteiger partial charge < -0.3 is 0 Å². The van der Waals surface area contributed by atoms with Gasteiger partial charge in [-0.1, -0.05) is 27.7 Å². The van der Waals surface area contributed by atoms with Crippen molar-refractivity contribution in [2.75, 3.05) is 12.3 Å². The van der Waals surface area contributed by atoms with Gasteiger partial charge in [0.25, 0.3) is 0 Å². The molecule has 0 nitrogen and oxygen atoms in total. The van der Waals surface area contributed by atoms with E-state index in [2.05, 4.69) is 27.7 Å². The molecule has 2 heteroatoms. The van der Waals surface area contributed by atoms with Crippen molar-refractivity contribution in [3.63, 3.8) is 0 Å². The molecule has 0 heterocycles. The van der Waals surface area contributed by atoms with Crippen molar-refractivity contribution in [2.24, 2.45) is 11.8 Å². The van der Waals surface area contributed by atoms with Gasteiger partial charge in [-0.05, 0) is 30.6 Å². The van der Waals surface area contributed by atoms with Gasteiger partial charge in [-0.3, -0.25) is 0 Å². The average molecular weight is 197 g/mol. The highest BCUT2D eigenvalue weighted by atomic mass is 35.5. The Morgan fingerprint density at radius 1 is 1.00 bits per heavy atom. The Bertz CT molecular complexity index is 62.0. The lowest BCUT2D eigenvalue weighted by Crippen LogP contribution is -1.93. The summed E-state index contributed by atoms with van der Waals surface area (Å²) in [5.41, 5.74) is 0. The fourth-order valence-electron chi connectivity index (χ4n) is 0.781. The van der Waals surface area contributed by atoms with E-state index in [9.17, 15) is 0 Å². The van der Waals surface area contributed by atoms with Crippen LogP contribution in [0.2, 0.25) is 0 Å². The molecular weight excluding hydrogens is 175 g/mol. The predicted molar refractivity (Wildman–Crippen MR) is 59.6 cm³/mol. The van der Waals surface area contributed by atoms with Gasteiger partial charge >= 0.3 is 0 Å². The molecule has 70 valence electrons. The van der Waals surface area contributed by atoms with Crippen molar-refractivity contribution in [1.29, 1.82) is 0 Å². The third-order valence-corrected chi connectivity index (χ3v) is 3.20. The van der Waals surface area contributed by atoms with Crippen LogP contribution in [0, 0.1) is 11.8 Å². The van der Waals surface area contributed by atoms with Gasteiger partial charge in [0.2, 0.25) is 0 Å². The number of halogens is 1.